The van der Waals surface area contributed by atoms with E-state index in [1.54, 1.807) is 4.52 Å². The summed E-state index contributed by atoms with van der Waals surface area (Å²) >= 11 is 0. The first-order valence-corrected chi connectivity index (χ1v) is 7.65. The van der Waals surface area contributed by atoms with E-state index >= 15 is 0 Å². The number of fused-ring (bicyclic) bond motifs is 2. The number of hydrogen-bond donors (Lipinski definition) is 0. The van der Waals surface area contributed by atoms with E-state index in [2.05, 4.69) is 20.0 Å². The minimum atomic E-state index is -0.362. The van der Waals surface area contributed by atoms with Crippen molar-refractivity contribution in [1.29, 1.82) is 0 Å². The van der Waals surface area contributed by atoms with Crippen molar-refractivity contribution in [3.63, 3.8) is 0 Å². The van der Waals surface area contributed by atoms with Gasteiger partial charge in [-0.1, -0.05) is 6.42 Å². The summed E-state index contributed by atoms with van der Waals surface area (Å²) < 4.78 is 6.86. The molecule has 1 aliphatic heterocycles. The summed E-state index contributed by atoms with van der Waals surface area (Å²) in [6.45, 7) is 3.49. The Balaban J connectivity index is 1.75. The van der Waals surface area contributed by atoms with Crippen molar-refractivity contribution in [2.45, 2.75) is 26.2 Å². The predicted molar refractivity (Wildman–Crippen MR) is 79.5 cm³/mol. The molecule has 7 heteroatoms. The first kappa shape index (κ1) is 13.5. The Bertz CT molecular complexity index is 743. The molecular formula is C15H19N5O2. The monoisotopic (exact) mass is 301 g/mol. The highest BCUT2D eigenvalue weighted by atomic mass is 16.5. The third kappa shape index (κ3) is 1.74. The van der Waals surface area contributed by atoms with Gasteiger partial charge in [0.1, 0.15) is 12.1 Å². The van der Waals surface area contributed by atoms with Crippen molar-refractivity contribution in [2.24, 2.45) is 11.3 Å². The fourth-order valence-corrected chi connectivity index (χ4v) is 4.14. The molecule has 0 amide bonds. The Kier molecular flexibility index (Phi) is 2.85. The zero-order valence-corrected chi connectivity index (χ0v) is 12.8. The van der Waals surface area contributed by atoms with Gasteiger partial charge in [0, 0.05) is 24.8 Å². The molecule has 0 aromatic carbocycles. The fourth-order valence-electron chi connectivity index (χ4n) is 4.14. The molecule has 2 fully saturated rings. The summed E-state index contributed by atoms with van der Waals surface area (Å²) in [7, 11) is 1.49. The number of hydrogen-bond acceptors (Lipinski definition) is 6. The summed E-state index contributed by atoms with van der Waals surface area (Å²) in [6, 6.07) is 2.01. The van der Waals surface area contributed by atoms with Crippen LogP contribution in [0.5, 0.6) is 0 Å². The summed E-state index contributed by atoms with van der Waals surface area (Å²) in [5.41, 5.74) is 0.540. The van der Waals surface area contributed by atoms with Crippen LogP contribution in [0.15, 0.2) is 12.4 Å². The third-order valence-corrected chi connectivity index (χ3v) is 5.15. The average molecular weight is 301 g/mol. The molecule has 0 spiro atoms. The lowest BCUT2D eigenvalue weighted by atomic mass is 9.81. The molecular weight excluding hydrogens is 282 g/mol. The van der Waals surface area contributed by atoms with Gasteiger partial charge in [0.2, 0.25) is 0 Å². The number of rotatable bonds is 2. The number of esters is 1. The van der Waals surface area contributed by atoms with Crippen LogP contribution in [0.25, 0.3) is 5.78 Å². The van der Waals surface area contributed by atoms with E-state index in [4.69, 9.17) is 4.74 Å². The molecule has 2 aliphatic rings. The normalized spacial score (nSPS) is 27.4. The standard InChI is InChI=1S/C15H19N5O2/c1-10-6-12(20-14(18-10)16-9-17-20)19-7-11-4-3-5-15(11,8-19)13(21)22-2/h6,9,11H,3-5,7-8H2,1-2H3. The van der Waals surface area contributed by atoms with Crippen LogP contribution in [0, 0.1) is 18.3 Å². The van der Waals surface area contributed by atoms with Gasteiger partial charge in [-0.3, -0.25) is 4.79 Å². The van der Waals surface area contributed by atoms with Gasteiger partial charge in [0.05, 0.1) is 12.5 Å². The molecule has 0 radical (unpaired) electrons. The highest BCUT2D eigenvalue weighted by Gasteiger charge is 2.55. The molecule has 0 N–H and O–H groups in total. The summed E-state index contributed by atoms with van der Waals surface area (Å²) in [5.74, 6) is 1.84. The minimum Gasteiger partial charge on any atom is -0.469 e. The molecule has 1 aliphatic carbocycles. The number of methoxy groups -OCH3 is 1. The van der Waals surface area contributed by atoms with Crippen LogP contribution in [0.3, 0.4) is 0 Å². The molecule has 2 aromatic rings. The first-order chi connectivity index (χ1) is 10.6. The largest absolute Gasteiger partial charge is 0.469 e. The molecule has 22 heavy (non-hydrogen) atoms. The van der Waals surface area contributed by atoms with Crippen molar-refractivity contribution >= 4 is 17.6 Å². The van der Waals surface area contributed by atoms with Crippen molar-refractivity contribution in [2.75, 3.05) is 25.1 Å². The SMILES string of the molecule is COC(=O)C12CCCC1CN(c1cc(C)nc3ncnn13)C2. The number of aromatic nitrogens is 4. The fraction of sp³-hybridized carbons (Fsp3) is 0.600. The van der Waals surface area contributed by atoms with Crippen LogP contribution >= 0.6 is 0 Å². The number of aryl methyl sites for hydroxylation is 1. The Labute approximate surface area is 128 Å². The van der Waals surface area contributed by atoms with Gasteiger partial charge in [0.25, 0.3) is 5.78 Å². The minimum absolute atomic E-state index is 0.0712. The van der Waals surface area contributed by atoms with Crippen molar-refractivity contribution in [3.8, 4) is 0 Å². The lowest BCUT2D eigenvalue weighted by Gasteiger charge is -2.26. The van der Waals surface area contributed by atoms with Gasteiger partial charge < -0.3 is 9.64 Å². The van der Waals surface area contributed by atoms with Crippen molar-refractivity contribution in [1.82, 2.24) is 19.6 Å². The lowest BCUT2D eigenvalue weighted by Crippen LogP contribution is -2.37. The van der Waals surface area contributed by atoms with Gasteiger partial charge >= 0.3 is 5.97 Å². The topological polar surface area (TPSA) is 72.6 Å². The molecule has 7 nitrogen and oxygen atoms in total. The average Bonchev–Trinajstić information content (AvgIpc) is 3.18. The molecule has 2 atom stereocenters. The molecule has 3 heterocycles. The van der Waals surface area contributed by atoms with E-state index in [1.165, 1.54) is 13.4 Å². The Morgan fingerprint density at radius 2 is 2.36 bits per heavy atom. The second-order valence-corrected chi connectivity index (χ2v) is 6.34. The lowest BCUT2D eigenvalue weighted by molar-refractivity contribution is -0.152. The van der Waals surface area contributed by atoms with Crippen LogP contribution < -0.4 is 4.90 Å². The molecule has 4 rings (SSSR count). The van der Waals surface area contributed by atoms with Gasteiger partial charge in [-0.2, -0.15) is 14.6 Å². The Hall–Kier alpha value is -2.18. The van der Waals surface area contributed by atoms with Crippen LogP contribution in [0.1, 0.15) is 25.0 Å². The molecule has 116 valence electrons. The zero-order chi connectivity index (χ0) is 15.3. The number of nitrogens with zero attached hydrogens (tertiary/aromatic N) is 5. The maximum atomic E-state index is 12.4. The second-order valence-electron chi connectivity index (χ2n) is 6.34. The number of anilines is 1. The quantitative estimate of drug-likeness (QED) is 0.776. The summed E-state index contributed by atoms with van der Waals surface area (Å²) in [5, 5.41) is 4.27. The van der Waals surface area contributed by atoms with Crippen LogP contribution in [0.4, 0.5) is 5.82 Å². The highest BCUT2D eigenvalue weighted by molar-refractivity contribution is 5.79. The van der Waals surface area contributed by atoms with Crippen molar-refractivity contribution < 1.29 is 9.53 Å². The van der Waals surface area contributed by atoms with Gasteiger partial charge in [-0.25, -0.2) is 4.98 Å². The number of ether oxygens (including phenoxy) is 1. The van der Waals surface area contributed by atoms with Crippen LogP contribution in [-0.2, 0) is 9.53 Å². The van der Waals surface area contributed by atoms with E-state index in [0.717, 1.165) is 37.3 Å². The van der Waals surface area contributed by atoms with Gasteiger partial charge in [-0.15, -0.1) is 0 Å². The van der Waals surface area contributed by atoms with E-state index in [1.807, 2.05) is 13.0 Å². The Morgan fingerprint density at radius 1 is 1.50 bits per heavy atom. The number of carbonyl (C=O) groups excluding carboxylic acids is 1. The molecule has 1 saturated carbocycles. The van der Waals surface area contributed by atoms with Crippen LogP contribution in [-0.4, -0.2) is 45.8 Å². The molecule has 0 bridgehead atoms. The van der Waals surface area contributed by atoms with Crippen molar-refractivity contribution in [3.05, 3.63) is 18.1 Å². The van der Waals surface area contributed by atoms with E-state index in [9.17, 15) is 4.79 Å². The second kappa shape index (κ2) is 4.66. The maximum Gasteiger partial charge on any atom is 0.313 e. The van der Waals surface area contributed by atoms with Gasteiger partial charge in [0.15, 0.2) is 0 Å². The first-order valence-electron chi connectivity index (χ1n) is 7.65. The third-order valence-electron chi connectivity index (χ3n) is 5.15. The summed E-state index contributed by atoms with van der Waals surface area (Å²) in [6.07, 6.45) is 4.60. The van der Waals surface area contributed by atoms with E-state index in [0.29, 0.717) is 18.2 Å². The molecule has 2 aromatic heterocycles. The van der Waals surface area contributed by atoms with E-state index < -0.39 is 0 Å². The summed E-state index contributed by atoms with van der Waals surface area (Å²) in [4.78, 5) is 23.2. The zero-order valence-electron chi connectivity index (χ0n) is 12.8. The maximum absolute atomic E-state index is 12.4. The smallest absolute Gasteiger partial charge is 0.313 e. The van der Waals surface area contributed by atoms with E-state index in [-0.39, 0.29) is 11.4 Å². The van der Waals surface area contributed by atoms with Crippen LogP contribution in [0.2, 0.25) is 0 Å². The Morgan fingerprint density at radius 3 is 3.18 bits per heavy atom. The molecule has 1 saturated heterocycles. The predicted octanol–water partition coefficient (Wildman–Crippen LogP) is 1.21. The molecule has 2 unspecified atom stereocenters. The number of carbonyl (C=O) groups is 1. The van der Waals surface area contributed by atoms with Gasteiger partial charge in [-0.05, 0) is 25.7 Å². The highest BCUT2D eigenvalue weighted by Crippen LogP contribution is 2.50.